The van der Waals surface area contributed by atoms with Crippen LogP contribution in [0.25, 0.3) is 0 Å². The minimum atomic E-state index is -4.80. The van der Waals surface area contributed by atoms with Gasteiger partial charge >= 0.3 is 5.97 Å². The van der Waals surface area contributed by atoms with E-state index in [1.165, 1.54) is 6.92 Å². The number of nitrogens with one attached hydrogen (secondary N) is 1. The largest absolute Gasteiger partial charge is 0.463 e. The molecule has 23 heavy (non-hydrogen) atoms. The van der Waals surface area contributed by atoms with Crippen molar-refractivity contribution in [1.29, 1.82) is 0 Å². The normalized spacial score (nSPS) is 26.6. The Morgan fingerprint density at radius 1 is 1.65 bits per heavy atom. The molecule has 0 bridgehead atoms. The van der Waals surface area contributed by atoms with Gasteiger partial charge in [0.1, 0.15) is 11.0 Å². The molecule has 0 fully saturated rings. The average molecular weight is 366 g/mol. The summed E-state index contributed by atoms with van der Waals surface area (Å²) in [5.41, 5.74) is -1.00. The summed E-state index contributed by atoms with van der Waals surface area (Å²) in [7, 11) is -4.80. The zero-order chi connectivity index (χ0) is 20.6. The van der Waals surface area contributed by atoms with Gasteiger partial charge in [-0.1, -0.05) is 17.7 Å². The zero-order valence-electron chi connectivity index (χ0n) is 16.2. The van der Waals surface area contributed by atoms with Crippen LogP contribution in [0, 0.1) is 5.82 Å². The number of rotatable bonds is 5. The fourth-order valence-electron chi connectivity index (χ4n) is 1.91. The van der Waals surface area contributed by atoms with Gasteiger partial charge in [-0.2, -0.15) is 0 Å². The van der Waals surface area contributed by atoms with Gasteiger partial charge in [-0.25, -0.2) is 17.6 Å². The van der Waals surface area contributed by atoms with Crippen molar-refractivity contribution in [3.63, 3.8) is 0 Å². The van der Waals surface area contributed by atoms with Crippen molar-refractivity contribution in [2.45, 2.75) is 31.4 Å². The van der Waals surface area contributed by atoms with Crippen LogP contribution in [-0.4, -0.2) is 26.2 Å². The Hall–Kier alpha value is -1.60. The van der Waals surface area contributed by atoms with Crippen LogP contribution in [0.15, 0.2) is 29.8 Å². The highest BCUT2D eigenvalue weighted by atomic mass is 35.5. The Bertz CT molecular complexity index is 909. The van der Waals surface area contributed by atoms with Crippen molar-refractivity contribution in [3.05, 3.63) is 40.7 Å². The van der Waals surface area contributed by atoms with Crippen LogP contribution in [0.3, 0.4) is 0 Å². The summed E-state index contributed by atoms with van der Waals surface area (Å²) >= 11 is 5.81. The Morgan fingerprint density at radius 2 is 2.39 bits per heavy atom. The number of carbonyl (C=O) groups is 1. The van der Waals surface area contributed by atoms with Gasteiger partial charge in [0.25, 0.3) is 0 Å². The summed E-state index contributed by atoms with van der Waals surface area (Å²) in [5.74, 6) is -1.89. The third-order valence-electron chi connectivity index (χ3n) is 2.93. The van der Waals surface area contributed by atoms with Gasteiger partial charge in [-0.05, 0) is 44.3 Å². The molecule has 0 aliphatic heterocycles. The third kappa shape index (κ3) is 4.23. The van der Waals surface area contributed by atoms with Gasteiger partial charge in [0.05, 0.1) is 25.6 Å². The van der Waals surface area contributed by atoms with Crippen molar-refractivity contribution in [3.8, 4) is 0 Å². The second-order valence-corrected chi connectivity index (χ2v) is 6.64. The molecule has 0 amide bonds. The molecule has 0 aromatic heterocycles. The van der Waals surface area contributed by atoms with E-state index in [0.29, 0.717) is 0 Å². The number of sulfonamides is 1. The Morgan fingerprint density at radius 3 is 3.04 bits per heavy atom. The standard InChI is InChI=1S/C15H17ClFNO4S/c1-2-22-15(19)11-5-3-4-6-14(11)23(20,21)18-13-8-7-10(17)9-12(13)16/h5,7-9,14,18H,2-4,6H2,1H3/t14-/m1/s1/i4D2,5D,14D. The van der Waals surface area contributed by atoms with Crippen LogP contribution in [0.5, 0.6) is 0 Å². The van der Waals surface area contributed by atoms with E-state index < -0.39 is 57.9 Å². The van der Waals surface area contributed by atoms with Crippen molar-refractivity contribution >= 4 is 33.3 Å². The molecule has 1 aliphatic rings. The van der Waals surface area contributed by atoms with E-state index in [1.807, 2.05) is 4.72 Å². The maximum atomic E-state index is 13.2. The number of esters is 1. The van der Waals surface area contributed by atoms with Crippen LogP contribution in [0.4, 0.5) is 10.1 Å². The van der Waals surface area contributed by atoms with Crippen LogP contribution < -0.4 is 4.72 Å². The molecule has 0 radical (unpaired) electrons. The number of benzene rings is 1. The number of hydrogen-bond donors (Lipinski definition) is 1. The number of hydrogen-bond acceptors (Lipinski definition) is 4. The minimum Gasteiger partial charge on any atom is -0.463 e. The topological polar surface area (TPSA) is 72.5 Å². The molecule has 0 saturated carbocycles. The van der Waals surface area contributed by atoms with E-state index in [4.69, 9.17) is 21.8 Å². The van der Waals surface area contributed by atoms with Gasteiger partial charge < -0.3 is 4.74 Å². The molecule has 0 unspecified atom stereocenters. The van der Waals surface area contributed by atoms with E-state index in [0.717, 1.165) is 18.2 Å². The van der Waals surface area contributed by atoms with E-state index in [9.17, 15) is 17.6 Å². The molecule has 0 spiro atoms. The van der Waals surface area contributed by atoms with E-state index in [-0.39, 0.29) is 17.3 Å². The first-order valence-corrected chi connectivity index (χ1v) is 8.54. The minimum absolute atomic E-state index is 0.115. The maximum Gasteiger partial charge on any atom is 0.335 e. The molecule has 1 aliphatic carbocycles. The first kappa shape index (κ1) is 12.8. The molecule has 1 atom stereocenters. The number of ether oxygens (including phenoxy) is 1. The number of allylic oxidation sites excluding steroid dienone is 1. The highest BCUT2D eigenvalue weighted by molar-refractivity contribution is 7.93. The first-order valence-electron chi connectivity index (χ1n) is 8.68. The average Bonchev–Trinajstić information content (AvgIpc) is 2.48. The SMILES string of the molecule is [2H]C1=C(C(=O)OCC)[C@]([2H])(S(=O)(=O)Nc2ccc(F)cc2Cl)CC([2H])([2H])C1. The van der Waals surface area contributed by atoms with Gasteiger partial charge in [-0.15, -0.1) is 0 Å². The van der Waals surface area contributed by atoms with Crippen LogP contribution in [0.1, 0.15) is 31.6 Å². The number of anilines is 1. The summed E-state index contributed by atoms with van der Waals surface area (Å²) in [6.45, 7) is 1.36. The Balaban J connectivity index is 2.58. The van der Waals surface area contributed by atoms with E-state index in [1.54, 1.807) is 0 Å². The molecule has 8 heteroatoms. The third-order valence-corrected chi connectivity index (χ3v) is 4.73. The summed E-state index contributed by atoms with van der Waals surface area (Å²) in [4.78, 5) is 12.2. The van der Waals surface area contributed by atoms with Crippen LogP contribution >= 0.6 is 11.6 Å². The second kappa shape index (κ2) is 7.31. The van der Waals surface area contributed by atoms with Gasteiger partial charge in [0, 0.05) is 2.74 Å². The maximum absolute atomic E-state index is 13.2. The Kier molecular flexibility index (Phi) is 4.06. The molecular formula is C15H17ClFNO4S. The molecule has 126 valence electrons. The lowest BCUT2D eigenvalue weighted by Gasteiger charge is -2.24. The van der Waals surface area contributed by atoms with Crippen molar-refractivity contribution < 1.29 is 27.8 Å². The monoisotopic (exact) mass is 365 g/mol. The van der Waals surface area contributed by atoms with Gasteiger partial charge in [0.2, 0.25) is 10.0 Å². The smallest absolute Gasteiger partial charge is 0.335 e. The Labute approximate surface area is 145 Å². The van der Waals surface area contributed by atoms with Crippen molar-refractivity contribution in [2.75, 3.05) is 11.3 Å². The number of halogens is 2. The molecule has 1 N–H and O–H groups in total. The lowest BCUT2D eigenvalue weighted by atomic mass is 9.99. The fourth-order valence-corrected chi connectivity index (χ4v) is 3.49. The van der Waals surface area contributed by atoms with Gasteiger partial charge in [0.15, 0.2) is 0 Å². The quantitative estimate of drug-likeness (QED) is 0.813. The molecule has 2 rings (SSSR count). The summed E-state index contributed by atoms with van der Waals surface area (Å²) in [6, 6.07) is 2.20. The van der Waals surface area contributed by atoms with Crippen molar-refractivity contribution in [2.24, 2.45) is 0 Å². The fraction of sp³-hybridized carbons (Fsp3) is 0.400. The van der Waals surface area contributed by atoms with Gasteiger partial charge in [-0.3, -0.25) is 4.72 Å². The van der Waals surface area contributed by atoms with Crippen LogP contribution in [0.2, 0.25) is 5.02 Å². The molecule has 1 aromatic carbocycles. The van der Waals surface area contributed by atoms with E-state index in [2.05, 4.69) is 0 Å². The first-order chi connectivity index (χ1) is 12.3. The molecule has 0 heterocycles. The van der Waals surface area contributed by atoms with E-state index >= 15 is 0 Å². The molecule has 5 nitrogen and oxygen atoms in total. The molecule has 0 saturated heterocycles. The second-order valence-electron chi connectivity index (χ2n) is 4.53. The predicted octanol–water partition coefficient (Wildman–Crippen LogP) is 3.26. The lowest BCUT2D eigenvalue weighted by Crippen LogP contribution is -2.34. The summed E-state index contributed by atoms with van der Waals surface area (Å²) in [5, 5.41) is -3.12. The highest BCUT2D eigenvalue weighted by Crippen LogP contribution is 2.30. The lowest BCUT2D eigenvalue weighted by molar-refractivity contribution is -0.138. The highest BCUT2D eigenvalue weighted by Gasteiger charge is 2.35. The molecule has 1 aromatic rings. The molecular weight excluding hydrogens is 345 g/mol. The summed E-state index contributed by atoms with van der Waals surface area (Å²) < 4.78 is 77.9. The number of carbonyl (C=O) groups excluding carboxylic acids is 1. The zero-order valence-corrected chi connectivity index (χ0v) is 13.7. The van der Waals surface area contributed by atoms with Crippen LogP contribution in [-0.2, 0) is 19.6 Å². The predicted molar refractivity (Wildman–Crippen MR) is 86.3 cm³/mol. The summed E-state index contributed by atoms with van der Waals surface area (Å²) in [6.07, 6.45) is -3.64. The van der Waals surface area contributed by atoms with Crippen molar-refractivity contribution in [1.82, 2.24) is 0 Å².